The SMILES string of the molecule is Nc1nnc(NCCOCC(F)(F)F)o1. The van der Waals surface area contributed by atoms with E-state index < -0.39 is 12.8 Å². The zero-order valence-electron chi connectivity index (χ0n) is 7.54. The first-order valence-electron chi connectivity index (χ1n) is 3.95. The highest BCUT2D eigenvalue weighted by molar-refractivity contribution is 5.21. The summed E-state index contributed by atoms with van der Waals surface area (Å²) in [7, 11) is 0. The summed E-state index contributed by atoms with van der Waals surface area (Å²) in [5.41, 5.74) is 5.11. The van der Waals surface area contributed by atoms with Crippen LogP contribution in [0.5, 0.6) is 0 Å². The number of hydrogen-bond donors (Lipinski definition) is 2. The van der Waals surface area contributed by atoms with E-state index >= 15 is 0 Å². The predicted octanol–water partition coefficient (Wildman–Crippen LogP) is 0.643. The summed E-state index contributed by atoms with van der Waals surface area (Å²) in [4.78, 5) is 0. The molecule has 6 nitrogen and oxygen atoms in total. The van der Waals surface area contributed by atoms with Gasteiger partial charge in [0, 0.05) is 6.54 Å². The molecule has 3 N–H and O–H groups in total. The fourth-order valence-corrected chi connectivity index (χ4v) is 0.724. The third-order valence-corrected chi connectivity index (χ3v) is 1.23. The van der Waals surface area contributed by atoms with E-state index in [0.717, 1.165) is 0 Å². The van der Waals surface area contributed by atoms with E-state index in [4.69, 9.17) is 10.2 Å². The van der Waals surface area contributed by atoms with E-state index in [0.29, 0.717) is 0 Å². The summed E-state index contributed by atoms with van der Waals surface area (Å²) in [5, 5.41) is 9.30. The Morgan fingerprint density at radius 2 is 2.13 bits per heavy atom. The Balaban J connectivity index is 2.07. The number of aromatic nitrogens is 2. The van der Waals surface area contributed by atoms with Gasteiger partial charge < -0.3 is 20.2 Å². The lowest BCUT2D eigenvalue weighted by atomic mass is 10.6. The molecule has 1 heterocycles. The molecule has 0 unspecified atom stereocenters. The second kappa shape index (κ2) is 4.82. The van der Waals surface area contributed by atoms with Gasteiger partial charge in [0.15, 0.2) is 0 Å². The van der Waals surface area contributed by atoms with Crippen molar-refractivity contribution in [3.63, 3.8) is 0 Å². The van der Waals surface area contributed by atoms with Crippen LogP contribution in [0, 0.1) is 0 Å². The summed E-state index contributed by atoms with van der Waals surface area (Å²) in [5.74, 6) is 0. The molecule has 0 aliphatic heterocycles. The summed E-state index contributed by atoms with van der Waals surface area (Å²) < 4.78 is 43.8. The largest absolute Gasteiger partial charge is 0.411 e. The molecule has 0 atom stereocenters. The van der Waals surface area contributed by atoms with Gasteiger partial charge in [-0.05, 0) is 0 Å². The van der Waals surface area contributed by atoms with Gasteiger partial charge in [-0.1, -0.05) is 10.2 Å². The van der Waals surface area contributed by atoms with E-state index in [2.05, 4.69) is 20.3 Å². The maximum absolute atomic E-state index is 11.6. The van der Waals surface area contributed by atoms with Crippen LogP contribution in [0.25, 0.3) is 0 Å². The number of ether oxygens (including phenoxy) is 1. The third-order valence-electron chi connectivity index (χ3n) is 1.23. The van der Waals surface area contributed by atoms with Gasteiger partial charge in [-0.3, -0.25) is 0 Å². The molecule has 9 heteroatoms. The van der Waals surface area contributed by atoms with Crippen LogP contribution >= 0.6 is 0 Å². The minimum absolute atomic E-state index is 0.0445. The standard InChI is InChI=1S/C6H9F3N4O2/c7-6(8,9)3-14-2-1-11-5-13-12-4(10)15-5/h1-3H2,(H2,10,12)(H,11,13). The number of nitrogen functional groups attached to an aromatic ring is 1. The Kier molecular flexibility index (Phi) is 3.72. The smallest absolute Gasteiger partial charge is 0.390 e. The first-order chi connectivity index (χ1) is 6.97. The van der Waals surface area contributed by atoms with Gasteiger partial charge in [-0.2, -0.15) is 13.2 Å². The number of alkyl halides is 3. The molecule has 0 aliphatic carbocycles. The second-order valence-electron chi connectivity index (χ2n) is 2.54. The fourth-order valence-electron chi connectivity index (χ4n) is 0.724. The van der Waals surface area contributed by atoms with E-state index in [1.54, 1.807) is 0 Å². The number of nitrogens with two attached hydrogens (primary N) is 1. The van der Waals surface area contributed by atoms with Crippen molar-refractivity contribution in [1.29, 1.82) is 0 Å². The highest BCUT2D eigenvalue weighted by Gasteiger charge is 2.27. The molecule has 1 aromatic heterocycles. The first kappa shape index (κ1) is 11.6. The number of nitrogens with zero attached hydrogens (tertiary/aromatic N) is 2. The molecule has 1 aromatic rings. The molecule has 0 aliphatic rings. The Hall–Kier alpha value is -1.51. The Bertz CT molecular complexity index is 301. The molecule has 0 spiro atoms. The zero-order chi connectivity index (χ0) is 11.3. The molecule has 0 saturated heterocycles. The molecule has 0 fully saturated rings. The van der Waals surface area contributed by atoms with Crippen LogP contribution in [0.4, 0.5) is 25.2 Å². The van der Waals surface area contributed by atoms with Gasteiger partial charge in [-0.15, -0.1) is 0 Å². The highest BCUT2D eigenvalue weighted by atomic mass is 19.4. The number of hydrogen-bond acceptors (Lipinski definition) is 6. The molecule has 0 aromatic carbocycles. The molecular weight excluding hydrogens is 217 g/mol. The molecule has 15 heavy (non-hydrogen) atoms. The fraction of sp³-hybridized carbons (Fsp3) is 0.667. The Morgan fingerprint density at radius 1 is 1.40 bits per heavy atom. The topological polar surface area (TPSA) is 86.2 Å². The van der Waals surface area contributed by atoms with Crippen molar-refractivity contribution in [3.8, 4) is 0 Å². The summed E-state index contributed by atoms with van der Waals surface area (Å²) in [6, 6.07) is -0.0724. The van der Waals surface area contributed by atoms with E-state index in [1.807, 2.05) is 0 Å². The van der Waals surface area contributed by atoms with Crippen molar-refractivity contribution >= 4 is 12.0 Å². The lowest BCUT2D eigenvalue weighted by Crippen LogP contribution is -2.20. The molecule has 1 rings (SSSR count). The van der Waals surface area contributed by atoms with Crippen molar-refractivity contribution < 1.29 is 22.3 Å². The van der Waals surface area contributed by atoms with Gasteiger partial charge in [-0.25, -0.2) is 0 Å². The zero-order valence-corrected chi connectivity index (χ0v) is 7.54. The first-order valence-corrected chi connectivity index (χ1v) is 3.95. The lowest BCUT2D eigenvalue weighted by Gasteiger charge is -2.06. The summed E-state index contributed by atoms with van der Waals surface area (Å²) in [6.07, 6.45) is -4.31. The van der Waals surface area contributed by atoms with Gasteiger partial charge in [0.05, 0.1) is 6.61 Å². The molecule has 0 saturated carbocycles. The molecule has 0 amide bonds. The maximum atomic E-state index is 11.6. The van der Waals surface area contributed by atoms with Crippen LogP contribution in [0.3, 0.4) is 0 Å². The summed E-state index contributed by atoms with van der Waals surface area (Å²) >= 11 is 0. The number of nitrogens with one attached hydrogen (secondary N) is 1. The van der Waals surface area contributed by atoms with Gasteiger partial charge in [0.25, 0.3) is 0 Å². The number of rotatable bonds is 5. The minimum atomic E-state index is -4.31. The van der Waals surface area contributed by atoms with Crippen LogP contribution in [0.1, 0.15) is 0 Å². The van der Waals surface area contributed by atoms with Crippen LogP contribution < -0.4 is 11.1 Å². The number of halogens is 3. The van der Waals surface area contributed by atoms with E-state index in [-0.39, 0.29) is 25.2 Å². The minimum Gasteiger partial charge on any atom is -0.390 e. The van der Waals surface area contributed by atoms with Crippen LogP contribution in [-0.4, -0.2) is 36.1 Å². The lowest BCUT2D eigenvalue weighted by molar-refractivity contribution is -0.172. The van der Waals surface area contributed by atoms with Crippen molar-refractivity contribution in [3.05, 3.63) is 0 Å². The maximum Gasteiger partial charge on any atom is 0.411 e. The Morgan fingerprint density at radius 3 is 2.67 bits per heavy atom. The van der Waals surface area contributed by atoms with Gasteiger partial charge in [0.2, 0.25) is 0 Å². The quantitative estimate of drug-likeness (QED) is 0.716. The molecular formula is C6H9F3N4O2. The van der Waals surface area contributed by atoms with Crippen molar-refractivity contribution in [2.24, 2.45) is 0 Å². The average Bonchev–Trinajstić information content (AvgIpc) is 2.49. The molecule has 0 bridgehead atoms. The third kappa shape index (κ3) is 5.05. The van der Waals surface area contributed by atoms with Crippen LogP contribution in [0.15, 0.2) is 4.42 Å². The van der Waals surface area contributed by atoms with Crippen molar-refractivity contribution in [1.82, 2.24) is 10.2 Å². The second-order valence-corrected chi connectivity index (χ2v) is 2.54. The monoisotopic (exact) mass is 226 g/mol. The molecule has 86 valence electrons. The number of anilines is 2. The van der Waals surface area contributed by atoms with Crippen molar-refractivity contribution in [2.75, 3.05) is 30.8 Å². The predicted molar refractivity (Wildman–Crippen MR) is 44.1 cm³/mol. The van der Waals surface area contributed by atoms with E-state index in [1.165, 1.54) is 0 Å². The molecule has 0 radical (unpaired) electrons. The normalized spacial score (nSPS) is 11.7. The van der Waals surface area contributed by atoms with Crippen molar-refractivity contribution in [2.45, 2.75) is 6.18 Å². The highest BCUT2D eigenvalue weighted by Crippen LogP contribution is 2.14. The van der Waals surface area contributed by atoms with E-state index in [9.17, 15) is 13.2 Å². The summed E-state index contributed by atoms with van der Waals surface area (Å²) in [6.45, 7) is -1.28. The van der Waals surface area contributed by atoms with Gasteiger partial charge >= 0.3 is 18.2 Å². The van der Waals surface area contributed by atoms with Crippen LogP contribution in [-0.2, 0) is 4.74 Å². The van der Waals surface area contributed by atoms with Crippen LogP contribution in [0.2, 0.25) is 0 Å². The average molecular weight is 226 g/mol. The Labute approximate surface area is 82.6 Å². The van der Waals surface area contributed by atoms with Gasteiger partial charge in [0.1, 0.15) is 6.61 Å².